The van der Waals surface area contributed by atoms with Crippen LogP contribution < -0.4 is 20.1 Å². The molecular formula is C20H27N3O3. The van der Waals surface area contributed by atoms with E-state index in [1.807, 2.05) is 50.5 Å². The summed E-state index contributed by atoms with van der Waals surface area (Å²) >= 11 is 0. The first-order chi connectivity index (χ1) is 12.5. The van der Waals surface area contributed by atoms with Gasteiger partial charge in [0.2, 0.25) is 0 Å². The first-order valence-electron chi connectivity index (χ1n) is 8.47. The van der Waals surface area contributed by atoms with E-state index in [2.05, 4.69) is 21.6 Å². The summed E-state index contributed by atoms with van der Waals surface area (Å²) in [4.78, 5) is 14.3. The normalized spacial score (nSPS) is 10.5. The van der Waals surface area contributed by atoms with Crippen LogP contribution in [0.2, 0.25) is 0 Å². The number of hydrogen-bond donors (Lipinski definition) is 2. The number of nitrogens with one attached hydrogen (secondary N) is 2. The Morgan fingerprint density at radius 2 is 1.58 bits per heavy atom. The molecule has 0 aliphatic rings. The highest BCUT2D eigenvalue weighted by atomic mass is 16.5. The van der Waals surface area contributed by atoms with Crippen molar-refractivity contribution in [1.82, 2.24) is 15.5 Å². The smallest absolute Gasteiger partial charge is 0.315 e. The Hall–Kier alpha value is -2.73. The average molecular weight is 357 g/mol. The number of carbonyl (C=O) groups is 1. The van der Waals surface area contributed by atoms with E-state index < -0.39 is 0 Å². The quantitative estimate of drug-likeness (QED) is 0.763. The minimum Gasteiger partial charge on any atom is -0.497 e. The zero-order valence-corrected chi connectivity index (χ0v) is 15.8. The Morgan fingerprint density at radius 1 is 0.923 bits per heavy atom. The number of urea groups is 1. The molecule has 0 saturated heterocycles. The summed E-state index contributed by atoms with van der Waals surface area (Å²) in [6, 6.07) is 13.4. The van der Waals surface area contributed by atoms with E-state index in [-0.39, 0.29) is 6.03 Å². The number of hydrogen-bond acceptors (Lipinski definition) is 4. The lowest BCUT2D eigenvalue weighted by Crippen LogP contribution is -2.35. The minimum atomic E-state index is -0.227. The fourth-order valence-electron chi connectivity index (χ4n) is 2.66. The molecule has 2 rings (SSSR count). The van der Waals surface area contributed by atoms with E-state index in [0.29, 0.717) is 18.8 Å². The molecule has 0 unspecified atom stereocenters. The molecule has 0 aromatic heterocycles. The van der Waals surface area contributed by atoms with Crippen molar-refractivity contribution in [2.75, 3.05) is 28.3 Å². The molecule has 26 heavy (non-hydrogen) atoms. The second-order valence-electron chi connectivity index (χ2n) is 6.22. The number of carbonyl (C=O) groups excluding carboxylic acids is 1. The molecule has 0 heterocycles. The third-order valence-electron chi connectivity index (χ3n) is 3.97. The molecule has 2 aromatic carbocycles. The van der Waals surface area contributed by atoms with Crippen molar-refractivity contribution >= 4 is 6.03 Å². The molecule has 0 bridgehead atoms. The van der Waals surface area contributed by atoms with Crippen molar-refractivity contribution in [2.24, 2.45) is 0 Å². The van der Waals surface area contributed by atoms with Crippen LogP contribution in [0.25, 0.3) is 0 Å². The number of methoxy groups -OCH3 is 2. The van der Waals surface area contributed by atoms with Crippen LogP contribution in [0.15, 0.2) is 42.5 Å². The van der Waals surface area contributed by atoms with Crippen LogP contribution >= 0.6 is 0 Å². The molecule has 6 heteroatoms. The molecule has 0 aliphatic heterocycles. The Balaban J connectivity index is 1.92. The number of amides is 2. The predicted octanol–water partition coefficient (Wildman–Crippen LogP) is 2.76. The van der Waals surface area contributed by atoms with Crippen LogP contribution in [0.3, 0.4) is 0 Å². The fraction of sp³-hybridized carbons (Fsp3) is 0.350. The van der Waals surface area contributed by atoms with Crippen molar-refractivity contribution in [1.29, 1.82) is 0 Å². The molecule has 6 nitrogen and oxygen atoms in total. The molecule has 2 amide bonds. The van der Waals surface area contributed by atoms with E-state index in [1.165, 1.54) is 5.56 Å². The molecule has 0 spiro atoms. The molecular weight excluding hydrogens is 330 g/mol. The van der Waals surface area contributed by atoms with Gasteiger partial charge < -0.3 is 25.0 Å². The largest absolute Gasteiger partial charge is 0.497 e. The monoisotopic (exact) mass is 357 g/mol. The summed E-state index contributed by atoms with van der Waals surface area (Å²) in [5.41, 5.74) is 3.16. The summed E-state index contributed by atoms with van der Waals surface area (Å²) < 4.78 is 10.6. The van der Waals surface area contributed by atoms with E-state index in [9.17, 15) is 4.79 Å². The second-order valence-corrected chi connectivity index (χ2v) is 6.22. The van der Waals surface area contributed by atoms with Gasteiger partial charge in [-0.25, -0.2) is 4.79 Å². The fourth-order valence-corrected chi connectivity index (χ4v) is 2.66. The van der Waals surface area contributed by atoms with Gasteiger partial charge in [0.1, 0.15) is 11.5 Å². The zero-order valence-electron chi connectivity index (χ0n) is 15.8. The third kappa shape index (κ3) is 5.67. The van der Waals surface area contributed by atoms with E-state index >= 15 is 0 Å². The summed E-state index contributed by atoms with van der Waals surface area (Å²) in [6.07, 6.45) is 0. The van der Waals surface area contributed by atoms with Gasteiger partial charge in [-0.3, -0.25) is 0 Å². The van der Waals surface area contributed by atoms with Crippen LogP contribution in [0.1, 0.15) is 16.7 Å². The van der Waals surface area contributed by atoms with Crippen molar-refractivity contribution in [3.63, 3.8) is 0 Å². The van der Waals surface area contributed by atoms with Crippen LogP contribution in [0.4, 0.5) is 4.79 Å². The van der Waals surface area contributed by atoms with Gasteiger partial charge in [0, 0.05) is 25.2 Å². The summed E-state index contributed by atoms with van der Waals surface area (Å²) in [7, 11) is 7.26. The minimum absolute atomic E-state index is 0.227. The average Bonchev–Trinajstić information content (AvgIpc) is 2.64. The van der Waals surface area contributed by atoms with Crippen molar-refractivity contribution in [3.05, 3.63) is 59.2 Å². The molecule has 0 atom stereocenters. The highest BCUT2D eigenvalue weighted by molar-refractivity contribution is 5.74. The molecule has 0 saturated carbocycles. The van der Waals surface area contributed by atoms with Gasteiger partial charge in [0.15, 0.2) is 0 Å². The number of benzene rings is 2. The lowest BCUT2D eigenvalue weighted by atomic mass is 10.1. The second kappa shape index (κ2) is 9.68. The van der Waals surface area contributed by atoms with Crippen LogP contribution in [-0.4, -0.2) is 39.2 Å². The highest BCUT2D eigenvalue weighted by Crippen LogP contribution is 2.23. The van der Waals surface area contributed by atoms with Gasteiger partial charge in [-0.05, 0) is 43.4 Å². The molecule has 2 aromatic rings. The SMILES string of the molecule is COc1ccc(OC)c(CNC(=O)NCc2ccccc2CN(C)C)c1. The predicted molar refractivity (Wildman–Crippen MR) is 102 cm³/mol. The molecule has 2 N–H and O–H groups in total. The third-order valence-corrected chi connectivity index (χ3v) is 3.97. The number of nitrogens with zero attached hydrogens (tertiary/aromatic N) is 1. The number of ether oxygens (including phenoxy) is 2. The van der Waals surface area contributed by atoms with E-state index in [4.69, 9.17) is 9.47 Å². The molecule has 0 aliphatic carbocycles. The molecule has 0 fully saturated rings. The van der Waals surface area contributed by atoms with Gasteiger partial charge in [0.05, 0.1) is 14.2 Å². The maximum atomic E-state index is 12.2. The first-order valence-corrected chi connectivity index (χ1v) is 8.47. The van der Waals surface area contributed by atoms with Gasteiger partial charge in [0.25, 0.3) is 0 Å². The van der Waals surface area contributed by atoms with Crippen molar-refractivity contribution in [2.45, 2.75) is 19.6 Å². The molecule has 140 valence electrons. The first kappa shape index (κ1) is 19.6. The maximum absolute atomic E-state index is 12.2. The van der Waals surface area contributed by atoms with Crippen molar-refractivity contribution in [3.8, 4) is 11.5 Å². The van der Waals surface area contributed by atoms with Gasteiger partial charge in [-0.15, -0.1) is 0 Å². The van der Waals surface area contributed by atoms with E-state index in [1.54, 1.807) is 14.2 Å². The highest BCUT2D eigenvalue weighted by Gasteiger charge is 2.08. The maximum Gasteiger partial charge on any atom is 0.315 e. The van der Waals surface area contributed by atoms with Crippen LogP contribution in [0, 0.1) is 0 Å². The standard InChI is InChI=1S/C20H27N3O3/c1-23(2)14-16-8-6-5-7-15(16)12-21-20(24)22-13-17-11-18(25-3)9-10-19(17)26-4/h5-11H,12-14H2,1-4H3,(H2,21,22,24). The Labute approximate surface area is 155 Å². The Kier molecular flexibility index (Phi) is 7.29. The zero-order chi connectivity index (χ0) is 18.9. The van der Waals surface area contributed by atoms with E-state index in [0.717, 1.165) is 23.4 Å². The Bertz CT molecular complexity index is 732. The summed E-state index contributed by atoms with van der Waals surface area (Å²) in [5, 5.41) is 5.77. The lowest BCUT2D eigenvalue weighted by Gasteiger charge is -2.15. The summed E-state index contributed by atoms with van der Waals surface area (Å²) in [6.45, 7) is 1.66. The van der Waals surface area contributed by atoms with Gasteiger partial charge >= 0.3 is 6.03 Å². The summed E-state index contributed by atoms with van der Waals surface area (Å²) in [5.74, 6) is 1.43. The van der Waals surface area contributed by atoms with Gasteiger partial charge in [-0.1, -0.05) is 24.3 Å². The van der Waals surface area contributed by atoms with Crippen molar-refractivity contribution < 1.29 is 14.3 Å². The molecule has 0 radical (unpaired) electrons. The lowest BCUT2D eigenvalue weighted by molar-refractivity contribution is 0.240. The number of rotatable bonds is 8. The Morgan fingerprint density at radius 3 is 2.19 bits per heavy atom. The van der Waals surface area contributed by atoms with Gasteiger partial charge in [-0.2, -0.15) is 0 Å². The van der Waals surface area contributed by atoms with Crippen LogP contribution in [-0.2, 0) is 19.6 Å². The van der Waals surface area contributed by atoms with Crippen LogP contribution in [0.5, 0.6) is 11.5 Å². The topological polar surface area (TPSA) is 62.8 Å².